The summed E-state index contributed by atoms with van der Waals surface area (Å²) in [5.74, 6) is 0. The molecule has 0 fully saturated rings. The zero-order valence-corrected chi connectivity index (χ0v) is 17.9. The molecule has 4 rings (SSSR count). The van der Waals surface area contributed by atoms with E-state index >= 15 is 0 Å². The van der Waals surface area contributed by atoms with Gasteiger partial charge in [-0.3, -0.25) is 0 Å². The number of hydrogen-bond donors (Lipinski definition) is 0. The summed E-state index contributed by atoms with van der Waals surface area (Å²) in [6.45, 7) is 0. The molecule has 0 aliphatic heterocycles. The molecular formula is C21H11Cl5N2. The fourth-order valence-corrected chi connectivity index (χ4v) is 3.98. The van der Waals surface area contributed by atoms with E-state index in [0.717, 1.165) is 11.1 Å². The first-order valence-electron chi connectivity index (χ1n) is 8.21. The van der Waals surface area contributed by atoms with Crippen molar-refractivity contribution in [2.24, 2.45) is 0 Å². The minimum Gasteiger partial charge on any atom is -0.231 e. The predicted octanol–water partition coefficient (Wildman–Crippen LogP) is 8.47. The first kappa shape index (κ1) is 19.6. The fraction of sp³-hybridized carbons (Fsp3) is 0. The zero-order valence-electron chi connectivity index (χ0n) is 14.1. The van der Waals surface area contributed by atoms with Crippen molar-refractivity contribution in [1.29, 1.82) is 0 Å². The normalized spacial score (nSPS) is 11.0. The number of nitrogens with zero attached hydrogens (tertiary/aromatic N) is 2. The summed E-state index contributed by atoms with van der Waals surface area (Å²) in [7, 11) is 0. The fourth-order valence-electron chi connectivity index (χ4n) is 2.91. The average Bonchev–Trinajstić information content (AvgIpc) is 3.02. The van der Waals surface area contributed by atoms with Crippen LogP contribution >= 0.6 is 58.0 Å². The van der Waals surface area contributed by atoms with E-state index in [0.29, 0.717) is 42.2 Å². The van der Waals surface area contributed by atoms with E-state index < -0.39 is 0 Å². The SMILES string of the molecule is Clc1ccc(-n2nc(-c3ccccc3Cl)c(Cl)c2-c2ccccc2Cl)cc1Cl. The largest absolute Gasteiger partial charge is 0.231 e. The molecule has 0 saturated carbocycles. The highest BCUT2D eigenvalue weighted by Crippen LogP contribution is 2.42. The minimum atomic E-state index is 0.412. The van der Waals surface area contributed by atoms with Crippen LogP contribution in [-0.4, -0.2) is 9.78 Å². The second-order valence-electron chi connectivity index (χ2n) is 5.98. The van der Waals surface area contributed by atoms with Crippen LogP contribution in [0.15, 0.2) is 66.7 Å². The maximum Gasteiger partial charge on any atom is 0.114 e. The van der Waals surface area contributed by atoms with Gasteiger partial charge in [0.15, 0.2) is 0 Å². The van der Waals surface area contributed by atoms with Crippen LogP contribution in [0.2, 0.25) is 25.1 Å². The summed E-state index contributed by atoms with van der Waals surface area (Å²) >= 11 is 32.0. The van der Waals surface area contributed by atoms with Crippen LogP contribution in [0.3, 0.4) is 0 Å². The Morgan fingerprint density at radius 2 is 1.21 bits per heavy atom. The average molecular weight is 469 g/mol. The molecule has 0 bridgehead atoms. The second kappa shape index (κ2) is 7.98. The Morgan fingerprint density at radius 3 is 1.82 bits per heavy atom. The molecular weight excluding hydrogens is 458 g/mol. The maximum atomic E-state index is 6.80. The van der Waals surface area contributed by atoms with Gasteiger partial charge in [0.05, 0.1) is 36.5 Å². The molecule has 0 atom stereocenters. The van der Waals surface area contributed by atoms with E-state index in [1.807, 2.05) is 42.5 Å². The molecule has 140 valence electrons. The van der Waals surface area contributed by atoms with Gasteiger partial charge in [-0.1, -0.05) is 94.4 Å². The Hall–Kier alpha value is -1.68. The van der Waals surface area contributed by atoms with Crippen molar-refractivity contribution < 1.29 is 0 Å². The molecule has 0 aliphatic carbocycles. The molecule has 4 aromatic rings. The molecule has 0 unspecified atom stereocenters. The van der Waals surface area contributed by atoms with Crippen molar-refractivity contribution in [3.8, 4) is 28.2 Å². The monoisotopic (exact) mass is 466 g/mol. The Kier molecular flexibility index (Phi) is 5.59. The first-order valence-corrected chi connectivity index (χ1v) is 10.1. The summed E-state index contributed by atoms with van der Waals surface area (Å²) in [4.78, 5) is 0. The lowest BCUT2D eigenvalue weighted by atomic mass is 10.1. The van der Waals surface area contributed by atoms with Gasteiger partial charge in [-0.25, -0.2) is 4.68 Å². The third-order valence-electron chi connectivity index (χ3n) is 4.23. The Bertz CT molecular complexity index is 1180. The van der Waals surface area contributed by atoms with Crippen LogP contribution in [0.25, 0.3) is 28.2 Å². The number of rotatable bonds is 3. The van der Waals surface area contributed by atoms with Crippen LogP contribution in [0, 0.1) is 0 Å². The van der Waals surface area contributed by atoms with E-state index in [2.05, 4.69) is 0 Å². The van der Waals surface area contributed by atoms with Crippen molar-refractivity contribution in [2.45, 2.75) is 0 Å². The van der Waals surface area contributed by atoms with Gasteiger partial charge in [0.2, 0.25) is 0 Å². The van der Waals surface area contributed by atoms with E-state index in [9.17, 15) is 0 Å². The lowest BCUT2D eigenvalue weighted by molar-refractivity contribution is 0.892. The molecule has 0 amide bonds. The molecule has 1 heterocycles. The summed E-state index contributed by atoms with van der Waals surface area (Å²) < 4.78 is 1.70. The van der Waals surface area contributed by atoms with Gasteiger partial charge >= 0.3 is 0 Å². The van der Waals surface area contributed by atoms with E-state index in [4.69, 9.17) is 63.1 Å². The van der Waals surface area contributed by atoms with Crippen LogP contribution in [0.1, 0.15) is 0 Å². The molecule has 7 heteroatoms. The van der Waals surface area contributed by atoms with Crippen LogP contribution in [0.5, 0.6) is 0 Å². The van der Waals surface area contributed by atoms with Crippen molar-refractivity contribution >= 4 is 58.0 Å². The number of hydrogen-bond acceptors (Lipinski definition) is 1. The van der Waals surface area contributed by atoms with Crippen LogP contribution in [0.4, 0.5) is 0 Å². The smallest absolute Gasteiger partial charge is 0.114 e. The van der Waals surface area contributed by atoms with Gasteiger partial charge in [0.25, 0.3) is 0 Å². The number of halogens is 5. The molecule has 28 heavy (non-hydrogen) atoms. The quantitative estimate of drug-likeness (QED) is 0.295. The Morgan fingerprint density at radius 1 is 0.607 bits per heavy atom. The molecule has 3 aromatic carbocycles. The standard InChI is InChI=1S/C21H11Cl5N2/c22-15-7-3-1-5-13(15)20-19(26)21(14-6-2-4-8-16(14)23)28(27-20)12-9-10-17(24)18(25)11-12/h1-11H. The van der Waals surface area contributed by atoms with Gasteiger partial charge in [0.1, 0.15) is 5.69 Å². The van der Waals surface area contributed by atoms with E-state index in [-0.39, 0.29) is 0 Å². The van der Waals surface area contributed by atoms with Crippen molar-refractivity contribution in [1.82, 2.24) is 9.78 Å². The summed E-state index contributed by atoms with van der Waals surface area (Å²) in [6.07, 6.45) is 0. The number of aromatic nitrogens is 2. The third-order valence-corrected chi connectivity index (χ3v) is 5.99. The number of benzene rings is 3. The molecule has 0 radical (unpaired) electrons. The van der Waals surface area contributed by atoms with Gasteiger partial charge in [-0.15, -0.1) is 0 Å². The lowest BCUT2D eigenvalue weighted by Crippen LogP contribution is -2.00. The Balaban J connectivity index is 2.04. The van der Waals surface area contributed by atoms with Crippen molar-refractivity contribution in [2.75, 3.05) is 0 Å². The highest BCUT2D eigenvalue weighted by molar-refractivity contribution is 6.42. The lowest BCUT2D eigenvalue weighted by Gasteiger charge is -2.10. The highest BCUT2D eigenvalue weighted by atomic mass is 35.5. The van der Waals surface area contributed by atoms with Gasteiger partial charge in [-0.05, 0) is 30.3 Å². The zero-order chi connectivity index (χ0) is 19.8. The molecule has 2 nitrogen and oxygen atoms in total. The summed E-state index contributed by atoms with van der Waals surface area (Å²) in [6, 6.07) is 20.1. The minimum absolute atomic E-state index is 0.412. The molecule has 0 aliphatic rings. The van der Waals surface area contributed by atoms with Gasteiger partial charge < -0.3 is 0 Å². The van der Waals surface area contributed by atoms with Crippen molar-refractivity contribution in [3.05, 3.63) is 91.8 Å². The van der Waals surface area contributed by atoms with E-state index in [1.54, 1.807) is 28.9 Å². The Labute approximate surface area is 187 Å². The van der Waals surface area contributed by atoms with Crippen LogP contribution < -0.4 is 0 Å². The van der Waals surface area contributed by atoms with Gasteiger partial charge in [-0.2, -0.15) is 5.10 Å². The maximum absolute atomic E-state index is 6.80. The summed E-state index contributed by atoms with van der Waals surface area (Å²) in [5.41, 5.74) is 3.35. The first-order chi connectivity index (χ1) is 13.5. The van der Waals surface area contributed by atoms with E-state index in [1.165, 1.54) is 0 Å². The topological polar surface area (TPSA) is 17.8 Å². The van der Waals surface area contributed by atoms with Crippen molar-refractivity contribution in [3.63, 3.8) is 0 Å². The molecule has 0 saturated heterocycles. The highest BCUT2D eigenvalue weighted by Gasteiger charge is 2.23. The molecule has 0 spiro atoms. The third kappa shape index (κ3) is 3.52. The van der Waals surface area contributed by atoms with Gasteiger partial charge in [0, 0.05) is 11.1 Å². The molecule has 1 aromatic heterocycles. The second-order valence-corrected chi connectivity index (χ2v) is 7.99. The summed E-state index contributed by atoms with van der Waals surface area (Å²) in [5, 5.41) is 7.14. The molecule has 0 N–H and O–H groups in total. The predicted molar refractivity (Wildman–Crippen MR) is 119 cm³/mol. The van der Waals surface area contributed by atoms with Crippen LogP contribution in [-0.2, 0) is 0 Å².